The number of hydrogen-bond donors (Lipinski definition) is 2. The number of nitrogens with zero attached hydrogens (tertiary/aromatic N) is 2. The standard InChI is InChI=1S/C14H20N4O4/c1-20-10-8-15-6-7-16-12(19)4-5-13-17-14(18-22-13)11-3-2-9-21-11/h2-3,9,15H,4-8,10H2,1H3,(H,16,19). The molecule has 0 atom stereocenters. The molecule has 22 heavy (non-hydrogen) atoms. The molecule has 8 nitrogen and oxygen atoms in total. The smallest absolute Gasteiger partial charge is 0.238 e. The van der Waals surface area contributed by atoms with E-state index in [9.17, 15) is 4.79 Å². The number of aryl methyl sites for hydroxylation is 1. The van der Waals surface area contributed by atoms with Crippen molar-refractivity contribution in [2.75, 3.05) is 33.4 Å². The van der Waals surface area contributed by atoms with Crippen LogP contribution < -0.4 is 10.6 Å². The number of amides is 1. The van der Waals surface area contributed by atoms with Gasteiger partial charge >= 0.3 is 0 Å². The van der Waals surface area contributed by atoms with Crippen LogP contribution in [0.1, 0.15) is 12.3 Å². The largest absolute Gasteiger partial charge is 0.461 e. The van der Waals surface area contributed by atoms with Gasteiger partial charge in [0.2, 0.25) is 17.6 Å². The van der Waals surface area contributed by atoms with E-state index >= 15 is 0 Å². The molecule has 0 saturated carbocycles. The Bertz CT molecular complexity index is 553. The van der Waals surface area contributed by atoms with Crippen LogP contribution in [0.15, 0.2) is 27.3 Å². The molecule has 0 radical (unpaired) electrons. The van der Waals surface area contributed by atoms with Crippen LogP contribution in [0.3, 0.4) is 0 Å². The lowest BCUT2D eigenvalue weighted by atomic mass is 10.3. The third-order valence-corrected chi connectivity index (χ3v) is 2.88. The number of methoxy groups -OCH3 is 1. The number of carbonyl (C=O) groups excluding carboxylic acids is 1. The molecule has 0 aliphatic rings. The lowest BCUT2D eigenvalue weighted by Gasteiger charge is -2.05. The zero-order valence-corrected chi connectivity index (χ0v) is 12.5. The predicted molar refractivity (Wildman–Crippen MR) is 78.1 cm³/mol. The van der Waals surface area contributed by atoms with Gasteiger partial charge in [0, 0.05) is 39.6 Å². The highest BCUT2D eigenvalue weighted by Gasteiger charge is 2.12. The Balaban J connectivity index is 1.62. The van der Waals surface area contributed by atoms with Gasteiger partial charge in [-0.05, 0) is 12.1 Å². The molecule has 2 heterocycles. The minimum atomic E-state index is -0.0497. The van der Waals surface area contributed by atoms with Crippen molar-refractivity contribution < 1.29 is 18.5 Å². The number of furan rings is 1. The number of hydrogen-bond acceptors (Lipinski definition) is 7. The SMILES string of the molecule is COCCNCCNC(=O)CCc1nc(-c2ccco2)no1. The summed E-state index contributed by atoms with van der Waals surface area (Å²) in [4.78, 5) is 15.8. The van der Waals surface area contributed by atoms with Crippen molar-refractivity contribution in [3.05, 3.63) is 24.3 Å². The normalized spacial score (nSPS) is 10.8. The Labute approximate surface area is 128 Å². The minimum Gasteiger partial charge on any atom is -0.461 e. The molecule has 0 aliphatic heterocycles. The molecule has 0 spiro atoms. The zero-order chi connectivity index (χ0) is 15.6. The van der Waals surface area contributed by atoms with Crippen LogP contribution in [0.4, 0.5) is 0 Å². The van der Waals surface area contributed by atoms with E-state index in [4.69, 9.17) is 13.7 Å². The van der Waals surface area contributed by atoms with Crippen molar-refractivity contribution in [2.24, 2.45) is 0 Å². The van der Waals surface area contributed by atoms with E-state index in [1.54, 1.807) is 25.5 Å². The van der Waals surface area contributed by atoms with Crippen LogP contribution in [-0.2, 0) is 16.0 Å². The molecule has 0 aliphatic carbocycles. The van der Waals surface area contributed by atoms with E-state index in [1.807, 2.05) is 0 Å². The van der Waals surface area contributed by atoms with Crippen LogP contribution in [0.2, 0.25) is 0 Å². The average molecular weight is 308 g/mol. The number of ether oxygens (including phenoxy) is 1. The summed E-state index contributed by atoms with van der Waals surface area (Å²) >= 11 is 0. The van der Waals surface area contributed by atoms with Crippen molar-refractivity contribution in [3.8, 4) is 11.6 Å². The molecular formula is C14H20N4O4. The molecule has 0 bridgehead atoms. The maximum absolute atomic E-state index is 11.7. The second kappa shape index (κ2) is 8.96. The molecule has 120 valence electrons. The Hall–Kier alpha value is -2.19. The third kappa shape index (κ3) is 5.30. The molecule has 2 rings (SSSR count). The summed E-state index contributed by atoms with van der Waals surface area (Å²) in [7, 11) is 1.65. The maximum Gasteiger partial charge on any atom is 0.238 e. The highest BCUT2D eigenvalue weighted by atomic mass is 16.5. The maximum atomic E-state index is 11.7. The van der Waals surface area contributed by atoms with E-state index in [0.29, 0.717) is 50.0 Å². The summed E-state index contributed by atoms with van der Waals surface area (Å²) in [6, 6.07) is 3.50. The van der Waals surface area contributed by atoms with Gasteiger partial charge in [0.25, 0.3) is 0 Å². The lowest BCUT2D eigenvalue weighted by Crippen LogP contribution is -2.33. The molecule has 1 amide bonds. The van der Waals surface area contributed by atoms with Crippen molar-refractivity contribution >= 4 is 5.91 Å². The molecule has 8 heteroatoms. The number of rotatable bonds is 10. The number of carbonyl (C=O) groups is 1. The van der Waals surface area contributed by atoms with Gasteiger partial charge < -0.3 is 24.3 Å². The Morgan fingerprint density at radius 2 is 2.27 bits per heavy atom. The zero-order valence-electron chi connectivity index (χ0n) is 12.5. The second-order valence-electron chi connectivity index (χ2n) is 4.58. The van der Waals surface area contributed by atoms with Crippen molar-refractivity contribution in [3.63, 3.8) is 0 Å². The van der Waals surface area contributed by atoms with Gasteiger partial charge in [-0.3, -0.25) is 4.79 Å². The third-order valence-electron chi connectivity index (χ3n) is 2.88. The van der Waals surface area contributed by atoms with Crippen molar-refractivity contribution in [1.82, 2.24) is 20.8 Å². The summed E-state index contributed by atoms with van der Waals surface area (Å²) in [6.07, 6.45) is 2.24. The molecule has 2 aromatic heterocycles. The fraction of sp³-hybridized carbons (Fsp3) is 0.500. The van der Waals surface area contributed by atoms with E-state index in [2.05, 4.69) is 20.8 Å². The van der Waals surface area contributed by atoms with Crippen molar-refractivity contribution in [2.45, 2.75) is 12.8 Å². The summed E-state index contributed by atoms with van der Waals surface area (Å²) in [5.41, 5.74) is 0. The molecule has 2 N–H and O–H groups in total. The first-order chi connectivity index (χ1) is 10.8. The van der Waals surface area contributed by atoms with Crippen LogP contribution in [0, 0.1) is 0 Å². The molecule has 0 aromatic carbocycles. The molecule has 0 fully saturated rings. The highest BCUT2D eigenvalue weighted by molar-refractivity contribution is 5.76. The summed E-state index contributed by atoms with van der Waals surface area (Å²) < 4.78 is 15.2. The first-order valence-electron chi connectivity index (χ1n) is 7.12. The summed E-state index contributed by atoms with van der Waals surface area (Å²) in [6.45, 7) is 2.70. The first-order valence-corrected chi connectivity index (χ1v) is 7.12. The minimum absolute atomic E-state index is 0.0497. The summed E-state index contributed by atoms with van der Waals surface area (Å²) in [5.74, 6) is 1.30. The molecule has 2 aromatic rings. The highest BCUT2D eigenvalue weighted by Crippen LogP contribution is 2.16. The van der Waals surface area contributed by atoms with Gasteiger partial charge in [0.15, 0.2) is 5.76 Å². The van der Waals surface area contributed by atoms with E-state index in [-0.39, 0.29) is 5.91 Å². The molecule has 0 unspecified atom stereocenters. The number of nitrogens with one attached hydrogen (secondary N) is 2. The van der Waals surface area contributed by atoms with Gasteiger partial charge in [0.05, 0.1) is 12.9 Å². The first kappa shape index (κ1) is 16.2. The van der Waals surface area contributed by atoms with E-state index in [1.165, 1.54) is 0 Å². The van der Waals surface area contributed by atoms with Gasteiger partial charge in [-0.25, -0.2) is 0 Å². The quantitative estimate of drug-likeness (QED) is 0.620. The topological polar surface area (TPSA) is 102 Å². The molecular weight excluding hydrogens is 288 g/mol. The van der Waals surface area contributed by atoms with Crippen LogP contribution >= 0.6 is 0 Å². The van der Waals surface area contributed by atoms with Crippen molar-refractivity contribution in [1.29, 1.82) is 0 Å². The average Bonchev–Trinajstić information content (AvgIpc) is 3.19. The van der Waals surface area contributed by atoms with E-state index in [0.717, 1.165) is 6.54 Å². The fourth-order valence-electron chi connectivity index (χ4n) is 1.76. The van der Waals surface area contributed by atoms with Gasteiger partial charge in [0.1, 0.15) is 0 Å². The van der Waals surface area contributed by atoms with Crippen LogP contribution in [0.25, 0.3) is 11.6 Å². The van der Waals surface area contributed by atoms with E-state index < -0.39 is 0 Å². The molecule has 0 saturated heterocycles. The van der Waals surface area contributed by atoms with Crippen LogP contribution in [-0.4, -0.2) is 49.4 Å². The van der Waals surface area contributed by atoms with Gasteiger partial charge in [-0.1, -0.05) is 5.16 Å². The predicted octanol–water partition coefficient (Wildman–Crippen LogP) is 0.614. The Morgan fingerprint density at radius 1 is 1.36 bits per heavy atom. The second-order valence-corrected chi connectivity index (χ2v) is 4.58. The lowest BCUT2D eigenvalue weighted by molar-refractivity contribution is -0.121. The Kier molecular flexibility index (Phi) is 6.59. The monoisotopic (exact) mass is 308 g/mol. The van der Waals surface area contributed by atoms with Gasteiger partial charge in [-0.15, -0.1) is 0 Å². The number of aromatic nitrogens is 2. The Morgan fingerprint density at radius 3 is 3.05 bits per heavy atom. The van der Waals surface area contributed by atoms with Gasteiger partial charge in [-0.2, -0.15) is 4.98 Å². The summed E-state index contributed by atoms with van der Waals surface area (Å²) in [5, 5.41) is 9.76. The van der Waals surface area contributed by atoms with Crippen LogP contribution in [0.5, 0.6) is 0 Å². The fourth-order valence-corrected chi connectivity index (χ4v) is 1.76.